The molecule has 2 aliphatic heterocycles. The minimum absolute atomic E-state index is 0.0156. The van der Waals surface area contributed by atoms with E-state index in [1.54, 1.807) is 6.33 Å². The molecule has 5 rings (SSSR count). The average molecular weight is 458 g/mol. The SMILES string of the molecule is O=C(Cc1ccccc1)NC(Cc1ccccc1)C(=O)N1CCC2(CC1)NCCc1[nH]cnc12. The maximum atomic E-state index is 13.6. The first kappa shape index (κ1) is 22.3. The molecule has 2 aliphatic rings. The standard InChI is InChI=1S/C27H31N5O2/c33-24(18-21-9-5-2-6-10-21)31-23(17-20-7-3-1-4-8-20)26(34)32-15-12-27(13-16-32)25-22(11-14-30-27)28-19-29-25/h1-10,19,23,30H,11-18H2,(H,28,29)(H,31,33). The van der Waals surface area contributed by atoms with Gasteiger partial charge < -0.3 is 20.5 Å². The van der Waals surface area contributed by atoms with Crippen molar-refractivity contribution in [3.63, 3.8) is 0 Å². The van der Waals surface area contributed by atoms with Crippen LogP contribution >= 0.6 is 0 Å². The zero-order chi connectivity index (χ0) is 23.4. The number of imidazole rings is 1. The van der Waals surface area contributed by atoms with E-state index in [2.05, 4.69) is 20.6 Å². The van der Waals surface area contributed by atoms with Crippen LogP contribution in [0.15, 0.2) is 67.0 Å². The van der Waals surface area contributed by atoms with Gasteiger partial charge in [0.05, 0.1) is 24.0 Å². The summed E-state index contributed by atoms with van der Waals surface area (Å²) in [5.74, 6) is -0.151. The van der Waals surface area contributed by atoms with Gasteiger partial charge in [-0.1, -0.05) is 60.7 Å². The van der Waals surface area contributed by atoms with Crippen LogP contribution in [0.3, 0.4) is 0 Å². The third-order valence-corrected chi connectivity index (χ3v) is 7.06. The van der Waals surface area contributed by atoms with Crippen LogP contribution in [0.5, 0.6) is 0 Å². The summed E-state index contributed by atoms with van der Waals surface area (Å²) in [7, 11) is 0. The second-order valence-corrected chi connectivity index (χ2v) is 9.29. The van der Waals surface area contributed by atoms with Gasteiger partial charge >= 0.3 is 0 Å². The minimum Gasteiger partial charge on any atom is -0.348 e. The van der Waals surface area contributed by atoms with E-state index >= 15 is 0 Å². The number of carbonyl (C=O) groups is 2. The number of likely N-dealkylation sites (tertiary alicyclic amines) is 1. The van der Waals surface area contributed by atoms with E-state index < -0.39 is 6.04 Å². The number of nitrogens with one attached hydrogen (secondary N) is 3. The van der Waals surface area contributed by atoms with Crippen molar-refractivity contribution in [2.24, 2.45) is 0 Å². The predicted octanol–water partition coefficient (Wildman–Crippen LogP) is 2.34. The maximum absolute atomic E-state index is 13.6. The van der Waals surface area contributed by atoms with E-state index in [4.69, 9.17) is 0 Å². The molecule has 7 heteroatoms. The molecular formula is C27H31N5O2. The molecule has 3 N–H and O–H groups in total. The normalized spacial score (nSPS) is 17.7. The van der Waals surface area contributed by atoms with Crippen molar-refractivity contribution in [2.45, 2.75) is 43.7 Å². The molecule has 1 saturated heterocycles. The Hall–Kier alpha value is -3.45. The molecule has 1 aromatic heterocycles. The lowest BCUT2D eigenvalue weighted by Crippen LogP contribution is -2.58. The first-order valence-electron chi connectivity index (χ1n) is 12.1. The number of aromatic amines is 1. The predicted molar refractivity (Wildman–Crippen MR) is 130 cm³/mol. The van der Waals surface area contributed by atoms with Crippen LogP contribution in [0.1, 0.15) is 35.4 Å². The Bertz CT molecular complexity index is 1120. The van der Waals surface area contributed by atoms with Crippen molar-refractivity contribution in [3.05, 3.63) is 89.5 Å². The van der Waals surface area contributed by atoms with E-state index in [1.807, 2.05) is 65.6 Å². The monoisotopic (exact) mass is 457 g/mol. The van der Waals surface area contributed by atoms with Gasteiger partial charge in [-0.05, 0) is 24.0 Å². The molecule has 2 amide bonds. The summed E-state index contributed by atoms with van der Waals surface area (Å²) in [4.78, 5) is 36.2. The number of benzene rings is 2. The van der Waals surface area contributed by atoms with Gasteiger partial charge in [0.25, 0.3) is 0 Å². The number of fused-ring (bicyclic) bond motifs is 2. The van der Waals surface area contributed by atoms with E-state index in [1.165, 1.54) is 5.69 Å². The van der Waals surface area contributed by atoms with Crippen LogP contribution < -0.4 is 10.6 Å². The van der Waals surface area contributed by atoms with Gasteiger partial charge in [0.15, 0.2) is 0 Å². The van der Waals surface area contributed by atoms with Crippen LogP contribution in [0.25, 0.3) is 0 Å². The molecule has 0 saturated carbocycles. The molecular weight excluding hydrogens is 426 g/mol. The van der Waals surface area contributed by atoms with E-state index in [9.17, 15) is 9.59 Å². The zero-order valence-corrected chi connectivity index (χ0v) is 19.3. The van der Waals surface area contributed by atoms with Crippen molar-refractivity contribution in [2.75, 3.05) is 19.6 Å². The Kier molecular flexibility index (Phi) is 6.45. The fourth-order valence-corrected chi connectivity index (χ4v) is 5.25. The average Bonchev–Trinajstić information content (AvgIpc) is 3.36. The molecule has 34 heavy (non-hydrogen) atoms. The van der Waals surface area contributed by atoms with E-state index in [0.29, 0.717) is 19.5 Å². The summed E-state index contributed by atoms with van der Waals surface area (Å²) >= 11 is 0. The molecule has 7 nitrogen and oxygen atoms in total. The number of H-pyrrole nitrogens is 1. The molecule has 0 aliphatic carbocycles. The smallest absolute Gasteiger partial charge is 0.245 e. The highest BCUT2D eigenvalue weighted by Gasteiger charge is 2.42. The van der Waals surface area contributed by atoms with Gasteiger partial charge in [-0.25, -0.2) is 4.98 Å². The molecule has 3 heterocycles. The van der Waals surface area contributed by atoms with Crippen molar-refractivity contribution in [1.82, 2.24) is 25.5 Å². The Morgan fingerprint density at radius 3 is 2.38 bits per heavy atom. The molecule has 1 atom stereocenters. The quantitative estimate of drug-likeness (QED) is 0.530. The second-order valence-electron chi connectivity index (χ2n) is 9.29. The lowest BCUT2D eigenvalue weighted by Gasteiger charge is -2.44. The fraction of sp³-hybridized carbons (Fsp3) is 0.370. The van der Waals surface area contributed by atoms with Crippen molar-refractivity contribution < 1.29 is 9.59 Å². The minimum atomic E-state index is -0.590. The lowest BCUT2D eigenvalue weighted by molar-refractivity contribution is -0.138. The van der Waals surface area contributed by atoms with Crippen molar-refractivity contribution in [1.29, 1.82) is 0 Å². The van der Waals surface area contributed by atoms with Crippen LogP contribution in [0.2, 0.25) is 0 Å². The molecule has 1 unspecified atom stereocenters. The summed E-state index contributed by atoms with van der Waals surface area (Å²) in [5, 5.41) is 6.71. The van der Waals surface area contributed by atoms with Gasteiger partial charge in [-0.2, -0.15) is 0 Å². The van der Waals surface area contributed by atoms with Gasteiger partial charge in [-0.15, -0.1) is 0 Å². The largest absolute Gasteiger partial charge is 0.348 e. The number of piperidine rings is 1. The van der Waals surface area contributed by atoms with E-state index in [0.717, 1.165) is 42.6 Å². The number of rotatable bonds is 6. The summed E-state index contributed by atoms with van der Waals surface area (Å²) in [6, 6.07) is 18.9. The Labute approximate surface area is 200 Å². The summed E-state index contributed by atoms with van der Waals surface area (Å²) < 4.78 is 0. The third kappa shape index (κ3) is 4.75. The number of hydrogen-bond donors (Lipinski definition) is 3. The molecule has 1 fully saturated rings. The molecule has 0 bridgehead atoms. The number of amides is 2. The highest BCUT2D eigenvalue weighted by molar-refractivity contribution is 5.88. The highest BCUT2D eigenvalue weighted by Crippen LogP contribution is 2.36. The number of carbonyl (C=O) groups excluding carboxylic acids is 2. The molecule has 3 aromatic rings. The molecule has 1 spiro atoms. The molecule has 176 valence electrons. The number of hydrogen-bond acceptors (Lipinski definition) is 4. The summed E-state index contributed by atoms with van der Waals surface area (Å²) in [6.07, 6.45) is 5.08. The van der Waals surface area contributed by atoms with Gasteiger partial charge in [0.1, 0.15) is 6.04 Å². The Morgan fingerprint density at radius 2 is 1.68 bits per heavy atom. The zero-order valence-electron chi connectivity index (χ0n) is 19.3. The number of aromatic nitrogens is 2. The van der Waals surface area contributed by atoms with Gasteiger partial charge in [0, 0.05) is 38.2 Å². The summed E-state index contributed by atoms with van der Waals surface area (Å²) in [6.45, 7) is 2.19. The fourth-order valence-electron chi connectivity index (χ4n) is 5.25. The van der Waals surface area contributed by atoms with Crippen molar-refractivity contribution >= 4 is 11.8 Å². The highest BCUT2D eigenvalue weighted by atomic mass is 16.2. The van der Waals surface area contributed by atoms with Gasteiger partial charge in [-0.3, -0.25) is 9.59 Å². The van der Waals surface area contributed by atoms with Crippen molar-refractivity contribution in [3.8, 4) is 0 Å². The van der Waals surface area contributed by atoms with E-state index in [-0.39, 0.29) is 23.8 Å². The first-order valence-corrected chi connectivity index (χ1v) is 12.1. The molecule has 2 aromatic carbocycles. The Morgan fingerprint density at radius 1 is 1.00 bits per heavy atom. The topological polar surface area (TPSA) is 90.1 Å². The van der Waals surface area contributed by atoms with Crippen LogP contribution in [0, 0.1) is 0 Å². The van der Waals surface area contributed by atoms with Gasteiger partial charge in [0.2, 0.25) is 11.8 Å². The first-order chi connectivity index (χ1) is 16.6. The Balaban J connectivity index is 1.28. The van der Waals surface area contributed by atoms with Crippen LogP contribution in [0.4, 0.5) is 0 Å². The van der Waals surface area contributed by atoms with Crippen LogP contribution in [-0.4, -0.2) is 52.4 Å². The maximum Gasteiger partial charge on any atom is 0.245 e. The lowest BCUT2D eigenvalue weighted by atomic mass is 9.80. The molecule has 0 radical (unpaired) electrons. The van der Waals surface area contributed by atoms with Crippen LogP contribution in [-0.2, 0) is 34.4 Å². The summed E-state index contributed by atoms with van der Waals surface area (Å²) in [5.41, 5.74) is 4.10. The number of nitrogens with zero attached hydrogens (tertiary/aromatic N) is 2. The third-order valence-electron chi connectivity index (χ3n) is 7.06. The second kappa shape index (κ2) is 9.81.